The number of ketones is 1. The van der Waals surface area contributed by atoms with Crippen LogP contribution in [0.25, 0.3) is 0 Å². The van der Waals surface area contributed by atoms with E-state index in [0.29, 0.717) is 0 Å². The van der Waals surface area contributed by atoms with Gasteiger partial charge in [0.15, 0.2) is 5.78 Å². The molecule has 0 aliphatic carbocycles. The second kappa shape index (κ2) is 10.6. The average molecular weight is 274 g/mol. The molecule has 0 bridgehead atoms. The maximum Gasteiger partial charge on any atom is 1.00 e. The van der Waals surface area contributed by atoms with Gasteiger partial charge in [0.25, 0.3) is 0 Å². The van der Waals surface area contributed by atoms with Crippen LogP contribution in [0.15, 0.2) is 0 Å². The molecule has 0 saturated carbocycles. The monoisotopic (exact) mass is 274 g/mol. The van der Waals surface area contributed by atoms with Gasteiger partial charge in [-0.1, -0.05) is 0 Å². The number of hydrogen-bond donors (Lipinski definition) is 3. The first kappa shape index (κ1) is 22.8. The van der Waals surface area contributed by atoms with Crippen LogP contribution in [0.2, 0.25) is 0 Å². The first-order chi connectivity index (χ1) is 6.28. The van der Waals surface area contributed by atoms with Crippen LogP contribution in [0.5, 0.6) is 0 Å². The predicted octanol–water partition coefficient (Wildman–Crippen LogP) is -9.88. The van der Waals surface area contributed by atoms with E-state index >= 15 is 0 Å². The van der Waals surface area contributed by atoms with E-state index < -0.39 is 39.0 Å². The molecule has 0 heterocycles. The van der Waals surface area contributed by atoms with E-state index in [1.165, 1.54) is 0 Å². The summed E-state index contributed by atoms with van der Waals surface area (Å²) < 4.78 is 13.5. The van der Waals surface area contributed by atoms with Gasteiger partial charge in [0.1, 0.15) is 18.8 Å². The van der Waals surface area contributed by atoms with Crippen LogP contribution in [0.1, 0.15) is 0 Å². The second-order valence-corrected chi connectivity index (χ2v) is 3.53. The normalized spacial score (nSPS) is 14.3. The summed E-state index contributed by atoms with van der Waals surface area (Å²) in [6, 6.07) is 0. The zero-order valence-electron chi connectivity index (χ0n) is 8.90. The fourth-order valence-electron chi connectivity index (χ4n) is 0.567. The Morgan fingerprint density at radius 2 is 1.75 bits per heavy atom. The van der Waals surface area contributed by atoms with Crippen molar-refractivity contribution < 1.29 is 98.1 Å². The third-order valence-corrected chi connectivity index (χ3v) is 1.72. The van der Waals surface area contributed by atoms with Crippen LogP contribution >= 0.6 is 7.82 Å². The second-order valence-electron chi connectivity index (χ2n) is 2.38. The first-order valence-corrected chi connectivity index (χ1v) is 4.90. The zero-order valence-corrected chi connectivity index (χ0v) is 13.8. The van der Waals surface area contributed by atoms with Gasteiger partial charge in [-0.2, -0.15) is 0 Å². The number of aliphatic hydroxyl groups is 3. The molecule has 0 aromatic carbocycles. The van der Waals surface area contributed by atoms with E-state index in [1.807, 2.05) is 0 Å². The smallest absolute Gasteiger partial charge is 0.790 e. The van der Waals surface area contributed by atoms with Gasteiger partial charge >= 0.3 is 59.1 Å². The number of Topliss-reactive ketones (excluding diaryl/α,β-unsaturated/α-hetero) is 1. The summed E-state index contributed by atoms with van der Waals surface area (Å²) >= 11 is 0. The van der Waals surface area contributed by atoms with Gasteiger partial charge in [-0.05, 0) is 0 Å². The average Bonchev–Trinajstić information content (AvgIpc) is 2.10. The van der Waals surface area contributed by atoms with Gasteiger partial charge in [0, 0.05) is 0 Å². The fourth-order valence-corrected chi connectivity index (χ4v) is 0.902. The topological polar surface area (TPSA) is 150 Å². The van der Waals surface area contributed by atoms with Gasteiger partial charge in [0.2, 0.25) is 0 Å². The van der Waals surface area contributed by atoms with Crippen molar-refractivity contribution in [3.63, 3.8) is 0 Å². The Hall–Kier alpha value is 1.66. The van der Waals surface area contributed by atoms with Crippen LogP contribution in [0.4, 0.5) is 0 Å². The van der Waals surface area contributed by atoms with Crippen molar-refractivity contribution in [2.24, 2.45) is 0 Å². The maximum atomic E-state index is 10.5. The van der Waals surface area contributed by atoms with Crippen LogP contribution in [0.3, 0.4) is 0 Å². The summed E-state index contributed by atoms with van der Waals surface area (Å²) in [7, 11) is -5.24. The summed E-state index contributed by atoms with van der Waals surface area (Å²) in [5.41, 5.74) is 0. The van der Waals surface area contributed by atoms with E-state index in [-0.39, 0.29) is 59.1 Å². The number of hydrogen-bond acceptors (Lipinski definition) is 8. The molecule has 0 amide bonds. The Labute approximate surface area is 136 Å². The van der Waals surface area contributed by atoms with Crippen molar-refractivity contribution in [3.8, 4) is 0 Å². The predicted molar refractivity (Wildman–Crippen MR) is 37.7 cm³/mol. The minimum atomic E-state index is -5.24. The molecule has 2 atom stereocenters. The molecule has 11 heteroatoms. The summed E-state index contributed by atoms with van der Waals surface area (Å²) in [6.45, 7) is -2.04. The molecular weight excluding hydrogens is 265 g/mol. The first-order valence-electron chi connectivity index (χ1n) is 3.44. The Morgan fingerprint density at radius 3 is 2.06 bits per heavy atom. The van der Waals surface area contributed by atoms with Gasteiger partial charge < -0.3 is 34.2 Å². The maximum absolute atomic E-state index is 10.5. The van der Waals surface area contributed by atoms with Crippen molar-refractivity contribution in [2.75, 3.05) is 13.2 Å². The molecule has 0 aliphatic heterocycles. The summed E-state index contributed by atoms with van der Waals surface area (Å²) in [6.07, 6.45) is -3.85. The molecule has 0 aliphatic rings. The number of carbonyl (C=O) groups is 1. The molecule has 16 heavy (non-hydrogen) atoms. The Kier molecular flexibility index (Phi) is 15.1. The SMILES string of the molecule is O=C(CO)C(O)C(O)COP(=O)([O-])[O-].[Na+].[Na+]. The molecule has 8 nitrogen and oxygen atoms in total. The standard InChI is InChI=1S/C5H11O8P.2Na/c6-1-3(7)5(9)4(8)2-13-14(10,11)12;;/h4-6,8-9H,1-2H2,(H2,10,11,12);;/q;2*+1/p-2. The number of phosphoric acid groups is 1. The molecule has 0 aromatic rings. The van der Waals surface area contributed by atoms with E-state index in [1.54, 1.807) is 0 Å². The van der Waals surface area contributed by atoms with Crippen molar-refractivity contribution in [1.29, 1.82) is 0 Å². The number of rotatable bonds is 6. The molecule has 0 fully saturated rings. The molecule has 0 spiro atoms. The molecule has 0 radical (unpaired) electrons. The quantitative estimate of drug-likeness (QED) is 0.319. The minimum Gasteiger partial charge on any atom is -0.790 e. The Morgan fingerprint density at radius 1 is 1.31 bits per heavy atom. The van der Waals surface area contributed by atoms with Gasteiger partial charge in [0.05, 0.1) is 14.4 Å². The largest absolute Gasteiger partial charge is 1.00 e. The zero-order chi connectivity index (χ0) is 11.4. The van der Waals surface area contributed by atoms with E-state index in [9.17, 15) is 19.1 Å². The third-order valence-electron chi connectivity index (χ3n) is 1.25. The van der Waals surface area contributed by atoms with Crippen LogP contribution in [-0.4, -0.2) is 46.5 Å². The van der Waals surface area contributed by atoms with Crippen molar-refractivity contribution in [3.05, 3.63) is 0 Å². The molecule has 0 saturated heterocycles. The summed E-state index contributed by atoms with van der Waals surface area (Å²) in [4.78, 5) is 30.4. The minimum absolute atomic E-state index is 0. The summed E-state index contributed by atoms with van der Waals surface area (Å²) in [5, 5.41) is 26.0. The van der Waals surface area contributed by atoms with Gasteiger partial charge in [-0.15, -0.1) is 0 Å². The number of aliphatic hydroxyl groups excluding tert-OH is 3. The third kappa shape index (κ3) is 10.8. The Balaban J connectivity index is -0.000000845. The number of carbonyl (C=O) groups excluding carboxylic acids is 1. The van der Waals surface area contributed by atoms with Crippen molar-refractivity contribution in [1.82, 2.24) is 0 Å². The van der Waals surface area contributed by atoms with E-state index in [0.717, 1.165) is 0 Å². The van der Waals surface area contributed by atoms with Gasteiger partial charge in [-0.3, -0.25) is 4.79 Å². The summed E-state index contributed by atoms with van der Waals surface area (Å²) in [5.74, 6) is -1.10. The Bertz CT molecular complexity index is 243. The molecule has 84 valence electrons. The molecule has 3 N–H and O–H groups in total. The molecule has 0 rings (SSSR count). The van der Waals surface area contributed by atoms with E-state index in [4.69, 9.17) is 15.3 Å². The van der Waals surface area contributed by atoms with Crippen molar-refractivity contribution in [2.45, 2.75) is 12.2 Å². The number of phosphoric ester groups is 1. The molecule has 2 unspecified atom stereocenters. The van der Waals surface area contributed by atoms with Gasteiger partial charge in [-0.25, -0.2) is 0 Å². The van der Waals surface area contributed by atoms with Crippen molar-refractivity contribution >= 4 is 13.6 Å². The fraction of sp³-hybridized carbons (Fsp3) is 0.800. The van der Waals surface area contributed by atoms with Crippen LogP contribution < -0.4 is 68.9 Å². The molecule has 0 aromatic heterocycles. The van der Waals surface area contributed by atoms with E-state index in [2.05, 4.69) is 4.52 Å². The van der Waals surface area contributed by atoms with Crippen LogP contribution in [0, 0.1) is 0 Å². The molecular formula is C5H9Na2O8P. The van der Waals surface area contributed by atoms with Crippen LogP contribution in [-0.2, 0) is 13.9 Å².